The Balaban J connectivity index is 0.00000200. The van der Waals surface area contributed by atoms with Crippen molar-refractivity contribution in [2.75, 3.05) is 0 Å². The molecule has 2 rings (SSSR count). The van der Waals surface area contributed by atoms with Gasteiger partial charge in [0.05, 0.1) is 5.92 Å². The van der Waals surface area contributed by atoms with Crippen molar-refractivity contribution in [1.29, 1.82) is 0 Å². The Hall–Kier alpha value is -0.550. The highest BCUT2D eigenvalue weighted by Gasteiger charge is 2.29. The van der Waals surface area contributed by atoms with Gasteiger partial charge in [-0.15, -0.1) is 12.4 Å². The molecule has 20 heavy (non-hydrogen) atoms. The Bertz CT molecular complexity index is 451. The molecule has 1 heterocycles. The van der Waals surface area contributed by atoms with Crippen LogP contribution < -0.4 is 5.73 Å². The van der Waals surface area contributed by atoms with Crippen LogP contribution in [0.3, 0.4) is 0 Å². The summed E-state index contributed by atoms with van der Waals surface area (Å²) < 4.78 is 5.28. The fourth-order valence-electron chi connectivity index (χ4n) is 2.31. The van der Waals surface area contributed by atoms with Crippen LogP contribution in [-0.2, 0) is 16.1 Å². The first kappa shape index (κ1) is 17.5. The van der Waals surface area contributed by atoms with Gasteiger partial charge in [0.25, 0.3) is 0 Å². The summed E-state index contributed by atoms with van der Waals surface area (Å²) >= 11 is 11.6. The SMILES string of the molecule is Cl.N[C@@H]1CCCC[C@@H]1C(=O)OCc1cc(Cl)nc(Cl)c1. The van der Waals surface area contributed by atoms with Crippen LogP contribution in [0.25, 0.3) is 0 Å². The van der Waals surface area contributed by atoms with E-state index in [4.69, 9.17) is 33.7 Å². The van der Waals surface area contributed by atoms with E-state index in [0.717, 1.165) is 31.2 Å². The standard InChI is InChI=1S/C13H16Cl2N2O2.ClH/c14-11-5-8(6-12(15)17-11)7-19-13(18)9-3-1-2-4-10(9)16;/h5-6,9-10H,1-4,7,16H2;1H/t9-,10+;/m0./s1. The van der Waals surface area contributed by atoms with E-state index in [2.05, 4.69) is 4.98 Å². The number of nitrogens with zero attached hydrogens (tertiary/aromatic N) is 1. The second-order valence-corrected chi connectivity index (χ2v) is 5.56. The zero-order valence-electron chi connectivity index (χ0n) is 10.9. The molecule has 0 spiro atoms. The monoisotopic (exact) mass is 338 g/mol. The lowest BCUT2D eigenvalue weighted by Gasteiger charge is -2.26. The van der Waals surface area contributed by atoms with E-state index >= 15 is 0 Å². The molecule has 0 saturated heterocycles. The Morgan fingerprint density at radius 3 is 2.50 bits per heavy atom. The van der Waals surface area contributed by atoms with Crippen LogP contribution in [0, 0.1) is 5.92 Å². The summed E-state index contributed by atoms with van der Waals surface area (Å²) in [5, 5.41) is 0.570. The van der Waals surface area contributed by atoms with E-state index in [-0.39, 0.29) is 47.2 Å². The number of pyridine rings is 1. The van der Waals surface area contributed by atoms with E-state index < -0.39 is 0 Å². The lowest BCUT2D eigenvalue weighted by Crippen LogP contribution is -2.38. The van der Waals surface area contributed by atoms with E-state index in [1.165, 1.54) is 0 Å². The van der Waals surface area contributed by atoms with Crippen LogP contribution in [-0.4, -0.2) is 17.0 Å². The van der Waals surface area contributed by atoms with Crippen molar-refractivity contribution in [3.63, 3.8) is 0 Å². The van der Waals surface area contributed by atoms with Gasteiger partial charge in [0.2, 0.25) is 0 Å². The Labute approximate surface area is 134 Å². The zero-order valence-corrected chi connectivity index (χ0v) is 13.2. The third kappa shape index (κ3) is 4.77. The molecular weight excluding hydrogens is 323 g/mol. The molecule has 1 saturated carbocycles. The maximum Gasteiger partial charge on any atom is 0.310 e. The highest BCUT2D eigenvalue weighted by molar-refractivity contribution is 6.32. The number of ether oxygens (including phenoxy) is 1. The van der Waals surface area contributed by atoms with Gasteiger partial charge in [0, 0.05) is 6.04 Å². The van der Waals surface area contributed by atoms with Crippen LogP contribution in [0.2, 0.25) is 10.3 Å². The van der Waals surface area contributed by atoms with Gasteiger partial charge in [0.15, 0.2) is 0 Å². The number of rotatable bonds is 3. The second-order valence-electron chi connectivity index (χ2n) is 4.78. The molecule has 0 amide bonds. The minimum atomic E-state index is -0.240. The zero-order chi connectivity index (χ0) is 13.8. The first-order valence-electron chi connectivity index (χ1n) is 6.30. The lowest BCUT2D eigenvalue weighted by molar-refractivity contribution is -0.151. The predicted molar refractivity (Wildman–Crippen MR) is 81.2 cm³/mol. The Morgan fingerprint density at radius 2 is 1.90 bits per heavy atom. The molecule has 0 radical (unpaired) electrons. The topological polar surface area (TPSA) is 65.2 Å². The third-order valence-corrected chi connectivity index (χ3v) is 3.71. The molecule has 2 N–H and O–H groups in total. The van der Waals surface area contributed by atoms with Gasteiger partial charge in [-0.2, -0.15) is 0 Å². The summed E-state index contributed by atoms with van der Waals surface area (Å²) in [6.45, 7) is 0.143. The van der Waals surface area contributed by atoms with Crippen molar-refractivity contribution >= 4 is 41.6 Å². The molecule has 1 aliphatic rings. The van der Waals surface area contributed by atoms with Gasteiger partial charge >= 0.3 is 5.97 Å². The summed E-state index contributed by atoms with van der Waals surface area (Å²) in [7, 11) is 0. The molecular formula is C13H17Cl3N2O2. The van der Waals surface area contributed by atoms with Crippen LogP contribution in [0.1, 0.15) is 31.2 Å². The maximum atomic E-state index is 12.0. The molecule has 1 fully saturated rings. The number of nitrogens with two attached hydrogens (primary N) is 1. The van der Waals surface area contributed by atoms with E-state index in [9.17, 15) is 4.79 Å². The van der Waals surface area contributed by atoms with E-state index in [0.29, 0.717) is 0 Å². The summed E-state index contributed by atoms with van der Waals surface area (Å²) in [6, 6.07) is 3.16. The minimum absolute atomic E-state index is 0. The van der Waals surface area contributed by atoms with Crippen molar-refractivity contribution in [1.82, 2.24) is 4.98 Å². The lowest BCUT2D eigenvalue weighted by atomic mass is 9.85. The Kier molecular flexibility index (Phi) is 7.03. The number of halogens is 3. The number of carbonyl (C=O) groups excluding carboxylic acids is 1. The van der Waals surface area contributed by atoms with Crippen molar-refractivity contribution in [3.8, 4) is 0 Å². The maximum absolute atomic E-state index is 12.0. The molecule has 1 aliphatic carbocycles. The number of carbonyl (C=O) groups is 1. The predicted octanol–water partition coefficient (Wildman–Crippen LogP) is 3.37. The molecule has 0 unspecified atom stereocenters. The van der Waals surface area contributed by atoms with Gasteiger partial charge in [-0.05, 0) is 30.5 Å². The fourth-order valence-corrected chi connectivity index (χ4v) is 2.82. The van der Waals surface area contributed by atoms with Crippen molar-refractivity contribution < 1.29 is 9.53 Å². The summed E-state index contributed by atoms with van der Waals surface area (Å²) in [4.78, 5) is 15.8. The average Bonchev–Trinajstić information content (AvgIpc) is 2.35. The van der Waals surface area contributed by atoms with Crippen molar-refractivity contribution in [2.24, 2.45) is 11.7 Å². The Morgan fingerprint density at radius 1 is 1.30 bits per heavy atom. The van der Waals surface area contributed by atoms with Gasteiger partial charge in [-0.25, -0.2) is 4.98 Å². The quantitative estimate of drug-likeness (QED) is 0.677. The van der Waals surface area contributed by atoms with Crippen LogP contribution in [0.4, 0.5) is 0 Å². The number of hydrogen-bond donors (Lipinski definition) is 1. The highest BCUT2D eigenvalue weighted by Crippen LogP contribution is 2.24. The summed E-state index contributed by atoms with van der Waals surface area (Å²) in [6.07, 6.45) is 3.80. The molecule has 1 aromatic rings. The molecule has 7 heteroatoms. The molecule has 0 aromatic carbocycles. The van der Waals surface area contributed by atoms with Crippen LogP contribution >= 0.6 is 35.6 Å². The first-order chi connectivity index (χ1) is 9.06. The third-order valence-electron chi connectivity index (χ3n) is 3.33. The number of aromatic nitrogens is 1. The summed E-state index contributed by atoms with van der Waals surface area (Å²) in [5.41, 5.74) is 6.67. The van der Waals surface area contributed by atoms with Crippen molar-refractivity contribution in [2.45, 2.75) is 38.3 Å². The first-order valence-corrected chi connectivity index (χ1v) is 7.06. The van der Waals surface area contributed by atoms with Gasteiger partial charge in [-0.1, -0.05) is 36.0 Å². The van der Waals surface area contributed by atoms with Gasteiger partial charge < -0.3 is 10.5 Å². The molecule has 112 valence electrons. The van der Waals surface area contributed by atoms with Crippen molar-refractivity contribution in [3.05, 3.63) is 28.0 Å². The van der Waals surface area contributed by atoms with Gasteiger partial charge in [-0.3, -0.25) is 4.79 Å². The minimum Gasteiger partial charge on any atom is -0.461 e. The summed E-state index contributed by atoms with van der Waals surface area (Å²) in [5.74, 6) is -0.433. The molecule has 4 nitrogen and oxygen atoms in total. The molecule has 0 aliphatic heterocycles. The van der Waals surface area contributed by atoms with Gasteiger partial charge in [0.1, 0.15) is 16.9 Å². The van der Waals surface area contributed by atoms with E-state index in [1.54, 1.807) is 12.1 Å². The number of esters is 1. The second kappa shape index (κ2) is 8.03. The molecule has 0 bridgehead atoms. The largest absolute Gasteiger partial charge is 0.461 e. The molecule has 1 aromatic heterocycles. The van der Waals surface area contributed by atoms with E-state index in [1.807, 2.05) is 0 Å². The van der Waals surface area contributed by atoms with Crippen LogP contribution in [0.15, 0.2) is 12.1 Å². The highest BCUT2D eigenvalue weighted by atomic mass is 35.5. The average molecular weight is 340 g/mol. The number of hydrogen-bond acceptors (Lipinski definition) is 4. The normalized spacial score (nSPS) is 21.9. The van der Waals surface area contributed by atoms with Crippen LogP contribution in [0.5, 0.6) is 0 Å². The molecule has 2 atom stereocenters. The smallest absolute Gasteiger partial charge is 0.310 e. The fraction of sp³-hybridized carbons (Fsp3) is 0.538.